The van der Waals surface area contributed by atoms with Crippen molar-refractivity contribution in [3.63, 3.8) is 0 Å². The van der Waals surface area contributed by atoms with Crippen LogP contribution in [0.25, 0.3) is 0 Å². The highest BCUT2D eigenvalue weighted by Crippen LogP contribution is 2.43. The van der Waals surface area contributed by atoms with Crippen LogP contribution >= 0.6 is 11.3 Å². The van der Waals surface area contributed by atoms with Crippen molar-refractivity contribution in [2.24, 2.45) is 0 Å². The molecule has 0 bridgehead atoms. The Balaban J connectivity index is 2.18. The van der Waals surface area contributed by atoms with E-state index in [1.54, 1.807) is 0 Å². The van der Waals surface area contributed by atoms with Crippen LogP contribution in [0.15, 0.2) is 0 Å². The van der Waals surface area contributed by atoms with Gasteiger partial charge >= 0.3 is 5.97 Å². The molecule has 18 heavy (non-hydrogen) atoms. The minimum Gasteiger partial charge on any atom is -0.481 e. The third-order valence-corrected chi connectivity index (χ3v) is 4.80. The monoisotopic (exact) mass is 289 g/mol. The van der Waals surface area contributed by atoms with Gasteiger partial charge in [-0.05, 0) is 19.3 Å². The molecule has 0 saturated heterocycles. The maximum atomic E-state index is 11.2. The molecule has 5 nitrogen and oxygen atoms in total. The minimum atomic E-state index is -3.09. The quantitative estimate of drug-likeness (QED) is 0.859. The summed E-state index contributed by atoms with van der Waals surface area (Å²) in [5, 5.41) is 9.28. The lowest BCUT2D eigenvalue weighted by atomic mass is 10.2. The summed E-state index contributed by atoms with van der Waals surface area (Å²) in [4.78, 5) is 15.9. The summed E-state index contributed by atoms with van der Waals surface area (Å²) in [6, 6.07) is 0. The van der Waals surface area contributed by atoms with Gasteiger partial charge in [0.15, 0.2) is 9.84 Å². The van der Waals surface area contributed by atoms with Crippen LogP contribution in [0.4, 0.5) is 0 Å². The van der Waals surface area contributed by atoms with Crippen LogP contribution in [0.3, 0.4) is 0 Å². The highest BCUT2D eigenvalue weighted by Gasteiger charge is 2.30. The molecular weight excluding hydrogens is 274 g/mol. The molecule has 1 fully saturated rings. The highest BCUT2D eigenvalue weighted by molar-refractivity contribution is 7.90. The van der Waals surface area contributed by atoms with Gasteiger partial charge in [-0.25, -0.2) is 13.4 Å². The van der Waals surface area contributed by atoms with Gasteiger partial charge in [-0.3, -0.25) is 4.79 Å². The summed E-state index contributed by atoms with van der Waals surface area (Å²) in [5.74, 6) is -0.474. The van der Waals surface area contributed by atoms with Crippen LogP contribution in [0.5, 0.6) is 0 Å². The lowest BCUT2D eigenvalue weighted by Crippen LogP contribution is -2.00. The third-order valence-electron chi connectivity index (χ3n) is 2.69. The van der Waals surface area contributed by atoms with Gasteiger partial charge in [-0.2, -0.15) is 0 Å². The van der Waals surface area contributed by atoms with E-state index < -0.39 is 15.8 Å². The molecule has 1 N–H and O–H groups in total. The van der Waals surface area contributed by atoms with Crippen LogP contribution in [-0.2, 0) is 26.8 Å². The first kappa shape index (κ1) is 13.5. The van der Waals surface area contributed by atoms with Gasteiger partial charge in [0.25, 0.3) is 0 Å². The van der Waals surface area contributed by atoms with Crippen LogP contribution in [0.2, 0.25) is 0 Å². The zero-order valence-corrected chi connectivity index (χ0v) is 11.7. The number of hydrogen-bond donors (Lipinski definition) is 1. The predicted octanol–water partition coefficient (Wildman–Crippen LogP) is 1.58. The van der Waals surface area contributed by atoms with Crippen molar-refractivity contribution >= 4 is 27.1 Å². The first-order valence-electron chi connectivity index (χ1n) is 5.73. The number of aryl methyl sites for hydroxylation is 1. The molecule has 0 amide bonds. The van der Waals surface area contributed by atoms with Crippen molar-refractivity contribution in [3.05, 3.63) is 15.6 Å². The van der Waals surface area contributed by atoms with E-state index in [0.29, 0.717) is 17.3 Å². The molecule has 0 aromatic carbocycles. The fourth-order valence-corrected chi connectivity index (χ4v) is 4.12. The summed E-state index contributed by atoms with van der Waals surface area (Å²) in [6.45, 7) is 0. The van der Waals surface area contributed by atoms with Gasteiger partial charge < -0.3 is 5.11 Å². The molecule has 1 saturated carbocycles. The zero-order valence-electron chi connectivity index (χ0n) is 10.0. The Hall–Kier alpha value is -0.950. The van der Waals surface area contributed by atoms with Crippen molar-refractivity contribution in [1.29, 1.82) is 0 Å². The molecule has 0 spiro atoms. The van der Waals surface area contributed by atoms with E-state index in [1.807, 2.05) is 0 Å². The molecule has 1 aliphatic carbocycles. The first-order chi connectivity index (χ1) is 8.35. The highest BCUT2D eigenvalue weighted by atomic mass is 32.2. The van der Waals surface area contributed by atoms with Gasteiger partial charge in [-0.1, -0.05) is 0 Å². The molecule has 1 heterocycles. The van der Waals surface area contributed by atoms with Gasteiger partial charge in [-0.15, -0.1) is 11.3 Å². The standard InChI is InChI=1S/C11H15NO4S2/c1-18(15,16)6-9-12-11(7-2-3-7)8(17-9)4-5-10(13)14/h7H,2-6H2,1H3,(H,13,14). The van der Waals surface area contributed by atoms with Crippen molar-refractivity contribution in [3.8, 4) is 0 Å². The van der Waals surface area contributed by atoms with E-state index >= 15 is 0 Å². The van der Waals surface area contributed by atoms with E-state index in [9.17, 15) is 13.2 Å². The zero-order chi connectivity index (χ0) is 13.3. The van der Waals surface area contributed by atoms with Gasteiger partial charge in [0.05, 0.1) is 12.1 Å². The first-order valence-corrected chi connectivity index (χ1v) is 8.61. The van der Waals surface area contributed by atoms with E-state index in [-0.39, 0.29) is 12.2 Å². The van der Waals surface area contributed by atoms with E-state index in [2.05, 4.69) is 4.98 Å². The minimum absolute atomic E-state index is 0.0511. The fraction of sp³-hybridized carbons (Fsp3) is 0.636. The largest absolute Gasteiger partial charge is 0.481 e. The van der Waals surface area contributed by atoms with Crippen LogP contribution in [0, 0.1) is 0 Å². The molecule has 0 unspecified atom stereocenters. The summed E-state index contributed by atoms with van der Waals surface area (Å²) < 4.78 is 22.5. The van der Waals surface area contributed by atoms with Crippen molar-refractivity contribution in [2.75, 3.05) is 6.26 Å². The lowest BCUT2D eigenvalue weighted by molar-refractivity contribution is -0.136. The second kappa shape index (κ2) is 4.97. The molecular formula is C11H15NO4S2. The molecule has 0 aliphatic heterocycles. The maximum absolute atomic E-state index is 11.2. The van der Waals surface area contributed by atoms with Gasteiger partial charge in [0, 0.05) is 17.1 Å². The number of rotatable bonds is 6. The summed E-state index contributed by atoms with van der Waals surface area (Å²) >= 11 is 1.34. The molecule has 1 aromatic rings. The molecule has 0 atom stereocenters. The number of carbonyl (C=O) groups is 1. The Morgan fingerprint density at radius 3 is 2.67 bits per heavy atom. The van der Waals surface area contributed by atoms with Crippen molar-refractivity contribution in [2.45, 2.75) is 37.4 Å². The molecule has 0 radical (unpaired) electrons. The normalized spacial score (nSPS) is 15.8. The van der Waals surface area contributed by atoms with Gasteiger partial charge in [0.2, 0.25) is 0 Å². The molecule has 1 aliphatic rings. The fourth-order valence-electron chi connectivity index (χ4n) is 1.78. The van der Waals surface area contributed by atoms with Crippen LogP contribution < -0.4 is 0 Å². The number of thiazole rings is 1. The van der Waals surface area contributed by atoms with E-state index in [0.717, 1.165) is 23.4 Å². The number of carboxylic acids is 1. The number of aliphatic carboxylic acids is 1. The number of hydrogen-bond acceptors (Lipinski definition) is 5. The van der Waals surface area contributed by atoms with Crippen LogP contribution in [-0.4, -0.2) is 30.7 Å². The number of nitrogens with zero attached hydrogens (tertiary/aromatic N) is 1. The summed E-state index contributed by atoms with van der Waals surface area (Å²) in [5.41, 5.74) is 0.930. The van der Waals surface area contributed by atoms with Crippen molar-refractivity contribution in [1.82, 2.24) is 4.98 Å². The van der Waals surface area contributed by atoms with Crippen LogP contribution in [0.1, 0.15) is 40.8 Å². The maximum Gasteiger partial charge on any atom is 0.303 e. The SMILES string of the molecule is CS(=O)(=O)Cc1nc(C2CC2)c(CCC(=O)O)s1. The Labute approximate surface area is 110 Å². The second-order valence-corrected chi connectivity index (χ2v) is 7.96. The van der Waals surface area contributed by atoms with E-state index in [1.165, 1.54) is 17.6 Å². The van der Waals surface area contributed by atoms with E-state index in [4.69, 9.17) is 5.11 Å². The Morgan fingerprint density at radius 1 is 1.50 bits per heavy atom. The number of sulfone groups is 1. The molecule has 1 aromatic heterocycles. The molecule has 2 rings (SSSR count). The van der Waals surface area contributed by atoms with Crippen molar-refractivity contribution < 1.29 is 18.3 Å². The summed E-state index contributed by atoms with van der Waals surface area (Å²) in [7, 11) is -3.09. The summed E-state index contributed by atoms with van der Waals surface area (Å²) in [6.07, 6.45) is 3.84. The Morgan fingerprint density at radius 2 is 2.17 bits per heavy atom. The number of aromatic nitrogens is 1. The Bertz CT molecular complexity index is 558. The topological polar surface area (TPSA) is 84.3 Å². The third kappa shape index (κ3) is 3.78. The Kier molecular flexibility index (Phi) is 3.72. The smallest absolute Gasteiger partial charge is 0.303 e. The second-order valence-electron chi connectivity index (χ2n) is 4.65. The number of carboxylic acid groups (broad SMARTS) is 1. The predicted molar refractivity (Wildman–Crippen MR) is 68.6 cm³/mol. The average Bonchev–Trinajstić information content (AvgIpc) is 2.97. The average molecular weight is 289 g/mol. The molecule has 100 valence electrons. The van der Waals surface area contributed by atoms with Gasteiger partial charge in [0.1, 0.15) is 10.8 Å². The lowest BCUT2D eigenvalue weighted by Gasteiger charge is -1.97. The molecule has 7 heteroatoms.